The highest BCUT2D eigenvalue weighted by Gasteiger charge is 2.26. The van der Waals surface area contributed by atoms with E-state index in [0.717, 1.165) is 41.1 Å². The first-order chi connectivity index (χ1) is 14.5. The van der Waals surface area contributed by atoms with Crippen molar-refractivity contribution in [3.8, 4) is 0 Å². The molecule has 2 aromatic rings. The van der Waals surface area contributed by atoms with Crippen LogP contribution in [0.3, 0.4) is 0 Å². The molecule has 1 aromatic carbocycles. The molecule has 0 bridgehead atoms. The number of benzene rings is 1. The van der Waals surface area contributed by atoms with Gasteiger partial charge in [0.25, 0.3) is 0 Å². The molecule has 1 fully saturated rings. The molecular weight excluding hydrogens is 402 g/mol. The van der Waals surface area contributed by atoms with Gasteiger partial charge in [-0.15, -0.1) is 0 Å². The van der Waals surface area contributed by atoms with E-state index < -0.39 is 5.97 Å². The van der Waals surface area contributed by atoms with Crippen molar-refractivity contribution in [2.45, 2.75) is 12.8 Å². The summed E-state index contributed by atoms with van der Waals surface area (Å²) in [6.07, 6.45) is 7.45. The van der Waals surface area contributed by atoms with Crippen molar-refractivity contribution in [2.75, 3.05) is 30.4 Å². The zero-order valence-electron chi connectivity index (χ0n) is 16.4. The maximum absolute atomic E-state index is 12.7. The van der Waals surface area contributed by atoms with Crippen LogP contribution in [0.5, 0.6) is 0 Å². The Morgan fingerprint density at radius 1 is 1.37 bits per heavy atom. The number of hydrogen-bond acceptors (Lipinski definition) is 7. The summed E-state index contributed by atoms with van der Waals surface area (Å²) in [4.78, 5) is 42.7. The number of carbonyl (C=O) groups excluding carboxylic acids is 2. The standard InChI is InChI=1S/C22H21N3O4S/c1-23-17-4-2-3-14-9-16(19(27)10-15(14)17)18(26)6-5-13-7-8-25(12-13)22-24-11-20(30-22)21(28)29/h2-6,9,11,13,23H,7-8,10,12H2,1H3,(H,28,29)/b6-5+. The molecule has 2 N–H and O–H groups in total. The molecule has 154 valence electrons. The van der Waals surface area contributed by atoms with Gasteiger partial charge in [-0.1, -0.05) is 29.5 Å². The van der Waals surface area contributed by atoms with Crippen LogP contribution in [0.2, 0.25) is 0 Å². The highest BCUT2D eigenvalue weighted by atomic mass is 32.1. The van der Waals surface area contributed by atoms with Crippen LogP contribution in [0.25, 0.3) is 6.08 Å². The first-order valence-electron chi connectivity index (χ1n) is 9.67. The van der Waals surface area contributed by atoms with Gasteiger partial charge in [-0.3, -0.25) is 9.59 Å². The number of fused-ring (bicyclic) bond motifs is 1. The smallest absolute Gasteiger partial charge is 0.347 e. The topological polar surface area (TPSA) is 99.6 Å². The number of carboxylic acid groups (broad SMARTS) is 1. The number of hydrogen-bond donors (Lipinski definition) is 2. The van der Waals surface area contributed by atoms with Crippen LogP contribution in [-0.2, 0) is 16.0 Å². The van der Waals surface area contributed by atoms with Gasteiger partial charge in [-0.2, -0.15) is 0 Å². The van der Waals surface area contributed by atoms with Crippen molar-refractivity contribution in [3.63, 3.8) is 0 Å². The quantitative estimate of drug-likeness (QED) is 0.544. The fraction of sp³-hybridized carbons (Fsp3) is 0.273. The van der Waals surface area contributed by atoms with E-state index in [1.807, 2.05) is 36.2 Å². The highest BCUT2D eigenvalue weighted by Crippen LogP contribution is 2.30. The average molecular weight is 423 g/mol. The number of carboxylic acids is 1. The minimum Gasteiger partial charge on any atom is -0.477 e. The fourth-order valence-corrected chi connectivity index (χ4v) is 4.60. The number of Topliss-reactive ketones (excluding diaryl/α,β-unsaturated/α-hetero) is 1. The molecule has 8 heteroatoms. The van der Waals surface area contributed by atoms with Gasteiger partial charge in [-0.05, 0) is 41.7 Å². The molecule has 0 spiro atoms. The third-order valence-corrected chi connectivity index (χ3v) is 6.45. The van der Waals surface area contributed by atoms with E-state index in [2.05, 4.69) is 10.3 Å². The first-order valence-corrected chi connectivity index (χ1v) is 10.5. The van der Waals surface area contributed by atoms with Crippen molar-refractivity contribution in [1.29, 1.82) is 0 Å². The Kier molecular flexibility index (Phi) is 5.50. The second-order valence-electron chi connectivity index (χ2n) is 7.31. The van der Waals surface area contributed by atoms with Crippen molar-refractivity contribution in [2.24, 2.45) is 5.92 Å². The van der Waals surface area contributed by atoms with E-state index in [9.17, 15) is 14.4 Å². The zero-order chi connectivity index (χ0) is 21.3. The molecule has 2 aliphatic rings. The lowest BCUT2D eigenvalue weighted by molar-refractivity contribution is -0.119. The van der Waals surface area contributed by atoms with Gasteiger partial charge >= 0.3 is 5.97 Å². The minimum atomic E-state index is -0.978. The van der Waals surface area contributed by atoms with Crippen LogP contribution in [0.1, 0.15) is 27.2 Å². The van der Waals surface area contributed by atoms with Crippen LogP contribution < -0.4 is 10.2 Å². The Hall–Kier alpha value is -3.26. The normalized spacial score (nSPS) is 18.4. The molecule has 1 aromatic heterocycles. The van der Waals surface area contributed by atoms with Crippen molar-refractivity contribution < 1.29 is 19.5 Å². The third-order valence-electron chi connectivity index (χ3n) is 5.40. The molecule has 0 amide bonds. The number of carbonyl (C=O) groups is 3. The van der Waals surface area contributed by atoms with Crippen molar-refractivity contribution >= 4 is 45.8 Å². The maximum atomic E-state index is 12.7. The zero-order valence-corrected chi connectivity index (χ0v) is 17.2. The van der Waals surface area contributed by atoms with Gasteiger partial charge in [0.05, 0.1) is 11.8 Å². The maximum Gasteiger partial charge on any atom is 0.347 e. The summed E-state index contributed by atoms with van der Waals surface area (Å²) >= 11 is 1.15. The number of nitrogens with zero attached hydrogens (tertiary/aromatic N) is 2. The van der Waals surface area contributed by atoms with Crippen LogP contribution in [0.15, 0.2) is 42.1 Å². The average Bonchev–Trinajstić information content (AvgIpc) is 3.40. The SMILES string of the molecule is CNc1cccc2c1CC(=O)C(C(=O)/C=C/C1CCN(c3ncc(C(=O)O)s3)C1)=C2. The first kappa shape index (κ1) is 20.0. The number of aromatic nitrogens is 1. The summed E-state index contributed by atoms with van der Waals surface area (Å²) < 4.78 is 0. The van der Waals surface area contributed by atoms with Crippen LogP contribution >= 0.6 is 11.3 Å². The van der Waals surface area contributed by atoms with Crippen molar-refractivity contribution in [3.05, 3.63) is 58.1 Å². The highest BCUT2D eigenvalue weighted by molar-refractivity contribution is 7.17. The summed E-state index contributed by atoms with van der Waals surface area (Å²) in [6.45, 7) is 1.41. The molecule has 0 radical (unpaired) electrons. The fourth-order valence-electron chi connectivity index (χ4n) is 3.81. The number of ketones is 2. The number of rotatable bonds is 6. The summed E-state index contributed by atoms with van der Waals surface area (Å²) in [7, 11) is 1.81. The van der Waals surface area contributed by atoms with E-state index in [4.69, 9.17) is 5.11 Å². The number of nitrogens with one attached hydrogen (secondary N) is 1. The second kappa shape index (κ2) is 8.23. The molecular formula is C22H21N3O4S. The lowest BCUT2D eigenvalue weighted by Gasteiger charge is -2.17. The van der Waals surface area contributed by atoms with Gasteiger partial charge in [0.2, 0.25) is 0 Å². The lowest BCUT2D eigenvalue weighted by atomic mass is 9.88. The Bertz CT molecular complexity index is 1090. The molecule has 1 unspecified atom stereocenters. The third kappa shape index (κ3) is 3.91. The predicted octanol–water partition coefficient (Wildman–Crippen LogP) is 3.04. The summed E-state index contributed by atoms with van der Waals surface area (Å²) in [5, 5.41) is 12.8. The van der Waals surface area contributed by atoms with E-state index in [-0.39, 0.29) is 34.4 Å². The predicted molar refractivity (Wildman–Crippen MR) is 116 cm³/mol. The van der Waals surface area contributed by atoms with E-state index in [0.29, 0.717) is 11.7 Å². The minimum absolute atomic E-state index is 0.147. The number of allylic oxidation sites excluding steroid dienone is 2. The van der Waals surface area contributed by atoms with Gasteiger partial charge in [0, 0.05) is 32.2 Å². The van der Waals surface area contributed by atoms with E-state index in [1.165, 1.54) is 12.3 Å². The van der Waals surface area contributed by atoms with E-state index in [1.54, 1.807) is 6.08 Å². The Balaban J connectivity index is 1.44. The molecule has 2 heterocycles. The molecule has 7 nitrogen and oxygen atoms in total. The summed E-state index contributed by atoms with van der Waals surface area (Å²) in [5.74, 6) is -1.28. The molecule has 4 rings (SSSR count). The number of anilines is 2. The molecule has 1 aliphatic carbocycles. The number of thiazole rings is 1. The largest absolute Gasteiger partial charge is 0.477 e. The molecule has 1 saturated heterocycles. The molecule has 0 saturated carbocycles. The molecule has 1 aliphatic heterocycles. The number of aromatic carboxylic acids is 1. The van der Waals surface area contributed by atoms with Crippen molar-refractivity contribution in [1.82, 2.24) is 4.98 Å². The second-order valence-corrected chi connectivity index (χ2v) is 8.32. The molecule has 30 heavy (non-hydrogen) atoms. The monoisotopic (exact) mass is 423 g/mol. The lowest BCUT2D eigenvalue weighted by Crippen LogP contribution is -2.20. The van der Waals surface area contributed by atoms with Gasteiger partial charge in [0.1, 0.15) is 4.88 Å². The van der Waals surface area contributed by atoms with Crippen LogP contribution in [0.4, 0.5) is 10.8 Å². The van der Waals surface area contributed by atoms with Crippen LogP contribution in [0, 0.1) is 5.92 Å². The van der Waals surface area contributed by atoms with E-state index >= 15 is 0 Å². The summed E-state index contributed by atoms with van der Waals surface area (Å²) in [6, 6.07) is 5.73. The Morgan fingerprint density at radius 3 is 2.93 bits per heavy atom. The van der Waals surface area contributed by atoms with Gasteiger partial charge < -0.3 is 15.3 Å². The van der Waals surface area contributed by atoms with Crippen LogP contribution in [-0.4, -0.2) is 47.8 Å². The molecule has 1 atom stereocenters. The Labute approximate surface area is 177 Å². The van der Waals surface area contributed by atoms with Gasteiger partial charge in [0.15, 0.2) is 16.7 Å². The van der Waals surface area contributed by atoms with Gasteiger partial charge in [-0.25, -0.2) is 9.78 Å². The summed E-state index contributed by atoms with van der Waals surface area (Å²) in [5.41, 5.74) is 2.93. The Morgan fingerprint density at radius 2 is 2.20 bits per heavy atom.